The van der Waals surface area contributed by atoms with Gasteiger partial charge in [0.25, 0.3) is 5.91 Å². The molecule has 2 unspecified atom stereocenters. The van der Waals surface area contributed by atoms with Gasteiger partial charge in [0.2, 0.25) is 5.91 Å². The Bertz CT molecular complexity index is 1070. The van der Waals surface area contributed by atoms with E-state index in [1.165, 1.54) is 0 Å². The Balaban J connectivity index is 2.52. The number of carbonyl (C=O) groups is 3. The van der Waals surface area contributed by atoms with E-state index in [4.69, 9.17) is 4.74 Å². The fraction of sp³-hybridized carbons (Fsp3) is 0.483. The van der Waals surface area contributed by atoms with E-state index in [2.05, 4.69) is 10.6 Å². The molecule has 2 aromatic carbocycles. The van der Waals surface area contributed by atoms with Gasteiger partial charge in [-0.05, 0) is 71.6 Å². The van der Waals surface area contributed by atoms with Gasteiger partial charge < -0.3 is 20.3 Å². The zero-order valence-corrected chi connectivity index (χ0v) is 23.0. The van der Waals surface area contributed by atoms with Gasteiger partial charge in [-0.3, -0.25) is 9.59 Å². The van der Waals surface area contributed by atoms with Gasteiger partial charge in [0.15, 0.2) is 0 Å². The van der Waals surface area contributed by atoms with Crippen molar-refractivity contribution in [3.05, 3.63) is 65.2 Å². The van der Waals surface area contributed by atoms with E-state index in [0.717, 1.165) is 11.1 Å². The highest BCUT2D eigenvalue weighted by Crippen LogP contribution is 2.28. The number of carbonyl (C=O) groups excluding carboxylic acids is 3. The van der Waals surface area contributed by atoms with Crippen molar-refractivity contribution in [1.29, 1.82) is 0 Å². The minimum Gasteiger partial charge on any atom is -0.444 e. The Labute approximate surface area is 215 Å². The molecule has 196 valence electrons. The van der Waals surface area contributed by atoms with Crippen molar-refractivity contribution >= 4 is 23.6 Å². The number of rotatable bonds is 8. The number of nitrogens with one attached hydrogen (secondary N) is 2. The van der Waals surface area contributed by atoms with Crippen molar-refractivity contribution in [3.8, 4) is 0 Å². The Morgan fingerprint density at radius 2 is 1.56 bits per heavy atom. The maximum Gasteiger partial charge on any atom is 0.408 e. The first-order valence-corrected chi connectivity index (χ1v) is 12.5. The molecule has 0 spiro atoms. The lowest BCUT2D eigenvalue weighted by molar-refractivity contribution is -0.143. The number of aryl methyl sites for hydroxylation is 2. The summed E-state index contributed by atoms with van der Waals surface area (Å²) in [6, 6.07) is 13.0. The fourth-order valence-corrected chi connectivity index (χ4v) is 3.98. The van der Waals surface area contributed by atoms with Crippen LogP contribution in [-0.4, -0.2) is 40.5 Å². The van der Waals surface area contributed by atoms with Crippen molar-refractivity contribution in [2.45, 2.75) is 86.0 Å². The molecule has 0 fully saturated rings. The largest absolute Gasteiger partial charge is 0.444 e. The van der Waals surface area contributed by atoms with Crippen LogP contribution in [0.25, 0.3) is 0 Å². The molecule has 2 aromatic rings. The molecule has 2 rings (SSSR count). The van der Waals surface area contributed by atoms with Crippen molar-refractivity contribution in [3.63, 3.8) is 0 Å². The van der Waals surface area contributed by atoms with Crippen molar-refractivity contribution in [2.24, 2.45) is 5.92 Å². The smallest absolute Gasteiger partial charge is 0.408 e. The molecule has 0 saturated heterocycles. The number of nitrogens with zero attached hydrogens (tertiary/aromatic N) is 1. The topological polar surface area (TPSA) is 87.7 Å². The van der Waals surface area contributed by atoms with Gasteiger partial charge in [-0.1, -0.05) is 61.9 Å². The van der Waals surface area contributed by atoms with Crippen LogP contribution >= 0.6 is 0 Å². The number of hydrogen-bond donors (Lipinski definition) is 2. The average Bonchev–Trinajstić information content (AvgIpc) is 2.75. The highest BCUT2D eigenvalue weighted by molar-refractivity contribution is 5.99. The molecule has 0 bridgehead atoms. The first-order valence-electron chi connectivity index (χ1n) is 12.5. The van der Waals surface area contributed by atoms with Crippen molar-refractivity contribution < 1.29 is 19.1 Å². The monoisotopic (exact) mass is 495 g/mol. The zero-order chi connectivity index (χ0) is 27.2. The van der Waals surface area contributed by atoms with Crippen LogP contribution < -0.4 is 10.6 Å². The lowest BCUT2D eigenvalue weighted by Gasteiger charge is -2.38. The van der Waals surface area contributed by atoms with Gasteiger partial charge in [-0.15, -0.1) is 0 Å². The van der Waals surface area contributed by atoms with Gasteiger partial charge in [0.05, 0.1) is 0 Å². The number of ether oxygens (including phenoxy) is 1. The van der Waals surface area contributed by atoms with Crippen LogP contribution in [0.2, 0.25) is 0 Å². The summed E-state index contributed by atoms with van der Waals surface area (Å²) in [5, 5.41) is 5.75. The zero-order valence-electron chi connectivity index (χ0n) is 23.0. The summed E-state index contributed by atoms with van der Waals surface area (Å²) in [6.45, 7) is 16.6. The van der Waals surface area contributed by atoms with E-state index in [1.807, 2.05) is 90.1 Å². The molecule has 0 aliphatic rings. The maximum absolute atomic E-state index is 14.0. The molecule has 7 heteroatoms. The first-order chi connectivity index (χ1) is 16.7. The van der Waals surface area contributed by atoms with Crippen LogP contribution in [0.5, 0.6) is 0 Å². The summed E-state index contributed by atoms with van der Waals surface area (Å²) in [6.07, 6.45) is -0.672. The summed E-state index contributed by atoms with van der Waals surface area (Å²) in [4.78, 5) is 42.0. The highest BCUT2D eigenvalue weighted by atomic mass is 16.6. The quantitative estimate of drug-likeness (QED) is 0.487. The minimum absolute atomic E-state index is 0.233. The molecular weight excluding hydrogens is 454 g/mol. The molecule has 0 heterocycles. The molecule has 0 aliphatic carbocycles. The standard InChI is InChI=1S/C29H41N3O4/c1-18(2)24(31-28(35)36-29(7,8)9)27(34)32(19(3)4)25(22-15-12-13-20(5)17-22)26(33)30-23-16-11-10-14-21(23)6/h10-19,24-25H,1-9H3,(H,30,33)(H,31,35). The predicted molar refractivity (Wildman–Crippen MR) is 144 cm³/mol. The second-order valence-electron chi connectivity index (χ2n) is 10.8. The van der Waals surface area contributed by atoms with Crippen LogP contribution in [0.1, 0.15) is 71.2 Å². The number of para-hydroxylation sites is 1. The van der Waals surface area contributed by atoms with E-state index in [1.54, 1.807) is 25.7 Å². The summed E-state index contributed by atoms with van der Waals surface area (Å²) < 4.78 is 5.41. The molecule has 2 N–H and O–H groups in total. The van der Waals surface area contributed by atoms with Crippen molar-refractivity contribution in [1.82, 2.24) is 10.2 Å². The number of benzene rings is 2. The molecular formula is C29H41N3O4. The van der Waals surface area contributed by atoms with E-state index in [9.17, 15) is 14.4 Å². The number of amides is 3. The number of alkyl carbamates (subject to hydrolysis) is 1. The third kappa shape index (κ3) is 7.83. The van der Waals surface area contributed by atoms with Gasteiger partial charge >= 0.3 is 6.09 Å². The van der Waals surface area contributed by atoms with Crippen LogP contribution in [0, 0.1) is 19.8 Å². The second kappa shape index (κ2) is 12.1. The van der Waals surface area contributed by atoms with Gasteiger partial charge in [-0.2, -0.15) is 0 Å². The Morgan fingerprint density at radius 1 is 0.917 bits per heavy atom. The fourth-order valence-electron chi connectivity index (χ4n) is 3.98. The summed E-state index contributed by atoms with van der Waals surface area (Å²) in [5.74, 6) is -0.905. The Kier molecular flexibility index (Phi) is 9.68. The third-order valence-corrected chi connectivity index (χ3v) is 5.70. The number of hydrogen-bond acceptors (Lipinski definition) is 4. The van der Waals surface area contributed by atoms with E-state index in [-0.39, 0.29) is 23.8 Å². The summed E-state index contributed by atoms with van der Waals surface area (Å²) in [5.41, 5.74) is 2.57. The van der Waals surface area contributed by atoms with E-state index >= 15 is 0 Å². The van der Waals surface area contributed by atoms with Gasteiger partial charge in [-0.25, -0.2) is 4.79 Å². The first kappa shape index (κ1) is 28.9. The van der Waals surface area contributed by atoms with Crippen LogP contribution in [0.3, 0.4) is 0 Å². The lowest BCUT2D eigenvalue weighted by Crippen LogP contribution is -2.56. The highest BCUT2D eigenvalue weighted by Gasteiger charge is 2.39. The van der Waals surface area contributed by atoms with Crippen molar-refractivity contribution in [2.75, 3.05) is 5.32 Å². The maximum atomic E-state index is 14.0. The van der Waals surface area contributed by atoms with Gasteiger partial charge in [0, 0.05) is 11.7 Å². The summed E-state index contributed by atoms with van der Waals surface area (Å²) in [7, 11) is 0. The molecule has 7 nitrogen and oxygen atoms in total. The average molecular weight is 496 g/mol. The van der Waals surface area contributed by atoms with E-state index in [0.29, 0.717) is 11.3 Å². The Hall–Kier alpha value is -3.35. The molecule has 2 atom stereocenters. The second-order valence-corrected chi connectivity index (χ2v) is 10.8. The SMILES string of the molecule is Cc1cccc(C(C(=O)Nc2ccccc2C)N(C(=O)C(NC(=O)OC(C)(C)C)C(C)C)C(C)C)c1. The van der Waals surface area contributed by atoms with E-state index < -0.39 is 23.8 Å². The normalized spacial score (nSPS) is 13.2. The molecule has 0 aliphatic heterocycles. The predicted octanol–water partition coefficient (Wildman–Crippen LogP) is 5.77. The molecule has 36 heavy (non-hydrogen) atoms. The third-order valence-electron chi connectivity index (χ3n) is 5.70. The van der Waals surface area contributed by atoms with Crippen LogP contribution in [0.4, 0.5) is 10.5 Å². The molecule has 0 radical (unpaired) electrons. The number of anilines is 1. The molecule has 0 aromatic heterocycles. The van der Waals surface area contributed by atoms with Crippen LogP contribution in [-0.2, 0) is 14.3 Å². The van der Waals surface area contributed by atoms with Crippen LogP contribution in [0.15, 0.2) is 48.5 Å². The Morgan fingerprint density at radius 3 is 2.08 bits per heavy atom. The lowest BCUT2D eigenvalue weighted by atomic mass is 9.96. The molecule has 0 saturated carbocycles. The molecule has 3 amide bonds. The van der Waals surface area contributed by atoms with Gasteiger partial charge in [0.1, 0.15) is 17.7 Å². The summed E-state index contributed by atoms with van der Waals surface area (Å²) >= 11 is 0. The minimum atomic E-state index is -0.904.